The van der Waals surface area contributed by atoms with Crippen LogP contribution in [0.15, 0.2) is 48.7 Å². The summed E-state index contributed by atoms with van der Waals surface area (Å²) in [5, 5.41) is 4.61. The first-order chi connectivity index (χ1) is 13.4. The van der Waals surface area contributed by atoms with Gasteiger partial charge in [0.25, 0.3) is 0 Å². The number of rotatable bonds is 7. The fourth-order valence-electron chi connectivity index (χ4n) is 3.57. The molecule has 0 spiro atoms. The maximum Gasteiger partial charge on any atom is 0.165 e. The molecule has 3 aromatic rings. The molecule has 1 aromatic heterocycles. The molecule has 0 saturated heterocycles. The average Bonchev–Trinajstić information content (AvgIpc) is 3.10. The predicted molar refractivity (Wildman–Crippen MR) is 113 cm³/mol. The van der Waals surface area contributed by atoms with Gasteiger partial charge in [0.05, 0.1) is 17.5 Å². The van der Waals surface area contributed by atoms with Crippen LogP contribution in [0.4, 0.5) is 4.39 Å². The average molecular weight is 381 g/mol. The number of aromatic nitrogens is 2. The van der Waals surface area contributed by atoms with E-state index >= 15 is 0 Å². The highest BCUT2D eigenvalue weighted by atomic mass is 19.1. The molecule has 3 nitrogen and oxygen atoms in total. The second-order valence-corrected chi connectivity index (χ2v) is 7.50. The van der Waals surface area contributed by atoms with Crippen molar-refractivity contribution in [3.05, 3.63) is 65.7 Å². The van der Waals surface area contributed by atoms with Crippen LogP contribution in [-0.4, -0.2) is 15.9 Å². The molecule has 0 unspecified atom stereocenters. The summed E-state index contributed by atoms with van der Waals surface area (Å²) in [6, 6.07) is 13.5. The minimum absolute atomic E-state index is 0.0608. The molecular weight excluding hydrogens is 351 g/mol. The number of hydrogen-bond acceptors (Lipinski definition) is 2. The Bertz CT molecular complexity index is 942. The second kappa shape index (κ2) is 8.59. The number of nitrogens with zero attached hydrogens (tertiary/aromatic N) is 2. The second-order valence-electron chi connectivity index (χ2n) is 7.50. The summed E-state index contributed by atoms with van der Waals surface area (Å²) in [5.41, 5.74) is 5.10. The van der Waals surface area contributed by atoms with Crippen molar-refractivity contribution < 1.29 is 9.13 Å². The van der Waals surface area contributed by atoms with Gasteiger partial charge >= 0.3 is 0 Å². The minimum Gasteiger partial charge on any atom is -0.488 e. The summed E-state index contributed by atoms with van der Waals surface area (Å²) in [7, 11) is 0. The molecule has 4 heteroatoms. The molecule has 0 atom stereocenters. The Hall–Kier alpha value is -2.62. The van der Waals surface area contributed by atoms with E-state index in [2.05, 4.69) is 37.1 Å². The van der Waals surface area contributed by atoms with E-state index in [1.807, 2.05) is 43.8 Å². The first-order valence-corrected chi connectivity index (χ1v) is 10.1. The highest BCUT2D eigenvalue weighted by Crippen LogP contribution is 2.33. The summed E-state index contributed by atoms with van der Waals surface area (Å²) >= 11 is 0. The molecule has 0 aliphatic carbocycles. The zero-order valence-corrected chi connectivity index (χ0v) is 17.4. The molecule has 2 aromatic carbocycles. The molecule has 0 aliphatic rings. The Morgan fingerprint density at radius 2 is 1.68 bits per heavy atom. The highest BCUT2D eigenvalue weighted by molar-refractivity contribution is 5.68. The lowest BCUT2D eigenvalue weighted by Crippen LogP contribution is -2.07. The van der Waals surface area contributed by atoms with Gasteiger partial charge in [-0.25, -0.2) is 9.07 Å². The van der Waals surface area contributed by atoms with Gasteiger partial charge in [0.1, 0.15) is 0 Å². The van der Waals surface area contributed by atoms with Crippen LogP contribution in [0.25, 0.3) is 16.8 Å². The first-order valence-electron chi connectivity index (χ1n) is 10.1. The fourth-order valence-corrected chi connectivity index (χ4v) is 3.57. The zero-order chi connectivity index (χ0) is 20.3. The minimum atomic E-state index is -0.341. The quantitative estimate of drug-likeness (QED) is 0.457. The van der Waals surface area contributed by atoms with Gasteiger partial charge in [0.15, 0.2) is 11.6 Å². The number of benzene rings is 2. The number of halogens is 1. The lowest BCUT2D eigenvalue weighted by molar-refractivity contribution is 0.231. The summed E-state index contributed by atoms with van der Waals surface area (Å²) in [5.74, 6) is 0.411. The molecule has 0 N–H and O–H groups in total. The van der Waals surface area contributed by atoms with Crippen molar-refractivity contribution in [2.24, 2.45) is 0 Å². The van der Waals surface area contributed by atoms with Crippen LogP contribution in [0.2, 0.25) is 0 Å². The van der Waals surface area contributed by atoms with Crippen molar-refractivity contribution in [1.82, 2.24) is 9.78 Å². The van der Waals surface area contributed by atoms with Crippen molar-refractivity contribution in [2.75, 3.05) is 0 Å². The number of aryl methyl sites for hydroxylation is 1. The molecule has 0 aliphatic heterocycles. The van der Waals surface area contributed by atoms with Gasteiger partial charge in [-0.3, -0.25) is 0 Å². The van der Waals surface area contributed by atoms with E-state index in [1.54, 1.807) is 12.1 Å². The van der Waals surface area contributed by atoms with Crippen molar-refractivity contribution in [3.63, 3.8) is 0 Å². The van der Waals surface area contributed by atoms with Crippen molar-refractivity contribution in [1.29, 1.82) is 0 Å². The van der Waals surface area contributed by atoms with Gasteiger partial charge < -0.3 is 4.74 Å². The topological polar surface area (TPSA) is 27.1 Å². The summed E-state index contributed by atoms with van der Waals surface area (Å²) < 4.78 is 21.9. The third kappa shape index (κ3) is 4.27. The largest absolute Gasteiger partial charge is 0.488 e. The van der Waals surface area contributed by atoms with E-state index in [-0.39, 0.29) is 17.7 Å². The zero-order valence-electron chi connectivity index (χ0n) is 17.4. The van der Waals surface area contributed by atoms with Crippen molar-refractivity contribution in [2.45, 2.75) is 59.5 Å². The Morgan fingerprint density at radius 3 is 2.25 bits per heavy atom. The standard InChI is InChI=1S/C24H29FN2O/c1-6-18(7-2)21-10-8-20(15-23(21)27-13-12-17(5)26-27)19-9-11-24(22(25)14-19)28-16(3)4/h8-16,18H,6-7H2,1-5H3. The monoisotopic (exact) mass is 380 g/mol. The molecule has 3 rings (SSSR count). The van der Waals surface area contributed by atoms with Gasteiger partial charge in [0.2, 0.25) is 0 Å². The van der Waals surface area contributed by atoms with E-state index in [9.17, 15) is 4.39 Å². The number of hydrogen-bond donors (Lipinski definition) is 0. The van der Waals surface area contributed by atoms with Crippen LogP contribution >= 0.6 is 0 Å². The Kier molecular flexibility index (Phi) is 6.18. The molecule has 0 fully saturated rings. The highest BCUT2D eigenvalue weighted by Gasteiger charge is 2.16. The Labute approximate surface area is 167 Å². The van der Waals surface area contributed by atoms with Crippen LogP contribution in [-0.2, 0) is 0 Å². The first kappa shape index (κ1) is 20.1. The lowest BCUT2D eigenvalue weighted by atomic mass is 9.90. The summed E-state index contributed by atoms with van der Waals surface area (Å²) in [4.78, 5) is 0. The lowest BCUT2D eigenvalue weighted by Gasteiger charge is -2.19. The molecule has 148 valence electrons. The van der Waals surface area contributed by atoms with Gasteiger partial charge in [0, 0.05) is 6.20 Å². The maximum atomic E-state index is 14.5. The van der Waals surface area contributed by atoms with Crippen LogP contribution in [0.1, 0.15) is 57.7 Å². The smallest absolute Gasteiger partial charge is 0.165 e. The van der Waals surface area contributed by atoms with Crippen LogP contribution in [0.3, 0.4) is 0 Å². The van der Waals surface area contributed by atoms with Gasteiger partial charge in [-0.1, -0.05) is 32.0 Å². The van der Waals surface area contributed by atoms with Crippen molar-refractivity contribution >= 4 is 0 Å². The van der Waals surface area contributed by atoms with Crippen molar-refractivity contribution in [3.8, 4) is 22.6 Å². The molecule has 0 radical (unpaired) electrons. The maximum absolute atomic E-state index is 14.5. The van der Waals surface area contributed by atoms with Crippen LogP contribution < -0.4 is 4.74 Å². The van der Waals surface area contributed by atoms with Gasteiger partial charge in [-0.15, -0.1) is 0 Å². The Balaban J connectivity index is 2.07. The third-order valence-electron chi connectivity index (χ3n) is 5.05. The molecular formula is C24H29FN2O. The van der Waals surface area contributed by atoms with E-state index in [4.69, 9.17) is 4.74 Å². The molecule has 0 amide bonds. The number of ether oxygens (including phenoxy) is 1. The summed E-state index contributed by atoms with van der Waals surface area (Å²) in [6.45, 7) is 10.2. The molecule has 0 bridgehead atoms. The molecule has 0 saturated carbocycles. The van der Waals surface area contributed by atoms with Crippen LogP contribution in [0, 0.1) is 12.7 Å². The SMILES string of the molecule is CCC(CC)c1ccc(-c2ccc(OC(C)C)c(F)c2)cc1-n1ccc(C)n1. The van der Waals surface area contributed by atoms with E-state index in [0.717, 1.165) is 35.3 Å². The Morgan fingerprint density at radius 1 is 1.00 bits per heavy atom. The van der Waals surface area contributed by atoms with E-state index in [1.165, 1.54) is 5.56 Å². The molecule has 28 heavy (non-hydrogen) atoms. The summed E-state index contributed by atoms with van der Waals surface area (Å²) in [6.07, 6.45) is 4.06. The van der Waals surface area contributed by atoms with E-state index < -0.39 is 0 Å². The van der Waals surface area contributed by atoms with Crippen LogP contribution in [0.5, 0.6) is 5.75 Å². The normalized spacial score (nSPS) is 11.4. The molecule has 1 heterocycles. The van der Waals surface area contributed by atoms with Gasteiger partial charge in [-0.05, 0) is 80.5 Å². The van der Waals surface area contributed by atoms with Gasteiger partial charge in [-0.2, -0.15) is 5.10 Å². The fraction of sp³-hybridized carbons (Fsp3) is 0.375. The van der Waals surface area contributed by atoms with E-state index in [0.29, 0.717) is 5.92 Å². The third-order valence-corrected chi connectivity index (χ3v) is 5.05. The predicted octanol–water partition coefficient (Wildman–Crippen LogP) is 6.68.